The molecule has 0 bridgehead atoms. The van der Waals surface area contributed by atoms with Gasteiger partial charge < -0.3 is 9.88 Å². The molecule has 0 unspecified atom stereocenters. The Hall–Kier alpha value is -1.58. The Balaban J connectivity index is 1.86. The Morgan fingerprint density at radius 3 is 2.90 bits per heavy atom. The molecule has 0 spiro atoms. The third-order valence-electron chi connectivity index (χ3n) is 3.66. The molecule has 0 aliphatic heterocycles. The van der Waals surface area contributed by atoms with Crippen molar-refractivity contribution in [2.75, 3.05) is 6.54 Å². The minimum Gasteiger partial charge on any atom is -0.347 e. The molecule has 0 aliphatic carbocycles. The maximum atomic E-state index is 3.43. The third kappa shape index (κ3) is 2.79. The Morgan fingerprint density at radius 1 is 1.20 bits per heavy atom. The molecule has 1 aromatic carbocycles. The number of hydrogen-bond acceptors (Lipinski definition) is 2. The fourth-order valence-corrected chi connectivity index (χ4v) is 3.30. The summed E-state index contributed by atoms with van der Waals surface area (Å²) in [5.41, 5.74) is 4.17. The van der Waals surface area contributed by atoms with Crippen LogP contribution < -0.4 is 5.32 Å². The molecular formula is C17H20N2S. The predicted octanol–water partition coefficient (Wildman–Crippen LogP) is 4.06. The summed E-state index contributed by atoms with van der Waals surface area (Å²) in [4.78, 5) is 0. The van der Waals surface area contributed by atoms with Crippen LogP contribution in [-0.4, -0.2) is 11.1 Å². The molecule has 2 nitrogen and oxygen atoms in total. The van der Waals surface area contributed by atoms with Gasteiger partial charge in [0, 0.05) is 30.2 Å². The van der Waals surface area contributed by atoms with E-state index in [-0.39, 0.29) is 0 Å². The zero-order valence-corrected chi connectivity index (χ0v) is 12.6. The molecule has 1 N–H and O–H groups in total. The van der Waals surface area contributed by atoms with Crippen LogP contribution in [0.3, 0.4) is 0 Å². The Morgan fingerprint density at radius 2 is 2.10 bits per heavy atom. The van der Waals surface area contributed by atoms with Crippen molar-refractivity contribution in [1.29, 1.82) is 0 Å². The summed E-state index contributed by atoms with van der Waals surface area (Å²) >= 11 is 1.78. The first-order valence-corrected chi connectivity index (χ1v) is 8.11. The highest BCUT2D eigenvalue weighted by atomic mass is 32.1. The molecule has 0 amide bonds. The van der Waals surface area contributed by atoms with Crippen LogP contribution >= 0.6 is 11.3 Å². The lowest BCUT2D eigenvalue weighted by atomic mass is 10.2. The van der Waals surface area contributed by atoms with E-state index in [9.17, 15) is 0 Å². The van der Waals surface area contributed by atoms with Gasteiger partial charge in [-0.25, -0.2) is 0 Å². The SMILES string of the molecule is CCNCc1cn(CCc2ccsc2)c2ccccc12. The normalized spacial score (nSPS) is 11.2. The van der Waals surface area contributed by atoms with Crippen LogP contribution in [0, 0.1) is 0 Å². The molecule has 0 aliphatic rings. The molecule has 2 heterocycles. The van der Waals surface area contributed by atoms with E-state index in [2.05, 4.69) is 64.1 Å². The maximum Gasteiger partial charge on any atom is 0.0483 e. The van der Waals surface area contributed by atoms with E-state index in [1.165, 1.54) is 22.0 Å². The third-order valence-corrected chi connectivity index (χ3v) is 4.39. The highest BCUT2D eigenvalue weighted by Crippen LogP contribution is 2.22. The van der Waals surface area contributed by atoms with Crippen molar-refractivity contribution in [3.05, 3.63) is 58.4 Å². The van der Waals surface area contributed by atoms with Crippen LogP contribution in [0.2, 0.25) is 0 Å². The summed E-state index contributed by atoms with van der Waals surface area (Å²) in [7, 11) is 0. The second kappa shape index (κ2) is 6.25. The number of fused-ring (bicyclic) bond motifs is 1. The van der Waals surface area contributed by atoms with Crippen molar-refractivity contribution in [3.63, 3.8) is 0 Å². The molecule has 20 heavy (non-hydrogen) atoms. The molecule has 0 atom stereocenters. The first-order valence-electron chi connectivity index (χ1n) is 7.17. The van der Waals surface area contributed by atoms with E-state index in [4.69, 9.17) is 0 Å². The zero-order chi connectivity index (χ0) is 13.8. The summed E-state index contributed by atoms with van der Waals surface area (Å²) < 4.78 is 2.39. The summed E-state index contributed by atoms with van der Waals surface area (Å²) in [5, 5.41) is 9.20. The summed E-state index contributed by atoms with van der Waals surface area (Å²) in [6.07, 6.45) is 3.41. The van der Waals surface area contributed by atoms with Gasteiger partial charge in [-0.2, -0.15) is 11.3 Å². The highest BCUT2D eigenvalue weighted by Gasteiger charge is 2.07. The van der Waals surface area contributed by atoms with E-state index < -0.39 is 0 Å². The van der Waals surface area contributed by atoms with Gasteiger partial charge in [0.15, 0.2) is 0 Å². The van der Waals surface area contributed by atoms with Gasteiger partial charge in [0.2, 0.25) is 0 Å². The molecule has 3 aromatic rings. The quantitative estimate of drug-likeness (QED) is 0.722. The van der Waals surface area contributed by atoms with E-state index in [0.29, 0.717) is 0 Å². The fourth-order valence-electron chi connectivity index (χ4n) is 2.59. The number of thiophene rings is 1. The van der Waals surface area contributed by atoms with Gasteiger partial charge in [0.05, 0.1) is 0 Å². The average Bonchev–Trinajstić information content (AvgIpc) is 3.11. The molecule has 3 rings (SSSR count). The number of para-hydroxylation sites is 1. The molecule has 3 heteroatoms. The lowest BCUT2D eigenvalue weighted by Gasteiger charge is -2.03. The molecule has 0 radical (unpaired) electrons. The van der Waals surface area contributed by atoms with Crippen molar-refractivity contribution in [2.24, 2.45) is 0 Å². The van der Waals surface area contributed by atoms with Crippen molar-refractivity contribution < 1.29 is 0 Å². The summed E-state index contributed by atoms with van der Waals surface area (Å²) in [6.45, 7) is 5.15. The first-order chi connectivity index (χ1) is 9.88. The number of aryl methyl sites for hydroxylation is 2. The second-order valence-corrected chi connectivity index (χ2v) is 5.81. The molecule has 104 valence electrons. The van der Waals surface area contributed by atoms with Crippen LogP contribution in [0.1, 0.15) is 18.1 Å². The molecule has 2 aromatic heterocycles. The van der Waals surface area contributed by atoms with E-state index in [1.807, 2.05) is 0 Å². The van der Waals surface area contributed by atoms with Crippen molar-refractivity contribution >= 4 is 22.2 Å². The van der Waals surface area contributed by atoms with Gasteiger partial charge in [0.25, 0.3) is 0 Å². The first kappa shape index (κ1) is 13.4. The van der Waals surface area contributed by atoms with Crippen molar-refractivity contribution in [2.45, 2.75) is 26.4 Å². The standard InChI is InChI=1S/C17H20N2S/c1-2-18-11-15-12-19(9-7-14-8-10-20-13-14)17-6-4-3-5-16(15)17/h3-6,8,10,12-13,18H,2,7,9,11H2,1H3. The van der Waals surface area contributed by atoms with Crippen LogP contribution in [0.15, 0.2) is 47.3 Å². The van der Waals surface area contributed by atoms with Crippen molar-refractivity contribution in [1.82, 2.24) is 9.88 Å². The number of nitrogens with one attached hydrogen (secondary N) is 1. The van der Waals surface area contributed by atoms with Gasteiger partial charge in [0.1, 0.15) is 0 Å². The molecular weight excluding hydrogens is 264 g/mol. The monoisotopic (exact) mass is 284 g/mol. The molecule has 0 saturated carbocycles. The minimum absolute atomic E-state index is 0.947. The lowest BCUT2D eigenvalue weighted by Crippen LogP contribution is -2.11. The average molecular weight is 284 g/mol. The van der Waals surface area contributed by atoms with Crippen LogP contribution in [0.4, 0.5) is 0 Å². The molecule has 0 fully saturated rings. The summed E-state index contributed by atoms with van der Waals surface area (Å²) in [5.74, 6) is 0. The number of nitrogens with zero attached hydrogens (tertiary/aromatic N) is 1. The number of aromatic nitrogens is 1. The topological polar surface area (TPSA) is 17.0 Å². The zero-order valence-electron chi connectivity index (χ0n) is 11.8. The predicted molar refractivity (Wildman–Crippen MR) is 87.3 cm³/mol. The maximum absolute atomic E-state index is 3.43. The van der Waals surface area contributed by atoms with Gasteiger partial charge in [-0.15, -0.1) is 0 Å². The van der Waals surface area contributed by atoms with Crippen LogP contribution in [0.25, 0.3) is 10.9 Å². The Bertz CT molecular complexity index is 667. The number of benzene rings is 1. The minimum atomic E-state index is 0.947. The van der Waals surface area contributed by atoms with Crippen LogP contribution in [-0.2, 0) is 19.5 Å². The number of rotatable bonds is 6. The Labute approximate surface area is 124 Å². The largest absolute Gasteiger partial charge is 0.347 e. The van der Waals surface area contributed by atoms with E-state index in [0.717, 1.165) is 26.1 Å². The second-order valence-electron chi connectivity index (χ2n) is 5.03. The molecule has 0 saturated heterocycles. The summed E-state index contributed by atoms with van der Waals surface area (Å²) in [6, 6.07) is 10.9. The van der Waals surface area contributed by atoms with Gasteiger partial charge in [-0.05, 0) is 47.0 Å². The highest BCUT2D eigenvalue weighted by molar-refractivity contribution is 7.07. The lowest BCUT2D eigenvalue weighted by molar-refractivity contribution is 0.702. The van der Waals surface area contributed by atoms with Gasteiger partial charge in [-0.3, -0.25) is 0 Å². The number of hydrogen-bond donors (Lipinski definition) is 1. The van der Waals surface area contributed by atoms with Crippen molar-refractivity contribution in [3.8, 4) is 0 Å². The smallest absolute Gasteiger partial charge is 0.0483 e. The van der Waals surface area contributed by atoms with E-state index >= 15 is 0 Å². The fraction of sp³-hybridized carbons (Fsp3) is 0.294. The van der Waals surface area contributed by atoms with Gasteiger partial charge in [-0.1, -0.05) is 25.1 Å². The van der Waals surface area contributed by atoms with Crippen LogP contribution in [0.5, 0.6) is 0 Å². The Kier molecular flexibility index (Phi) is 4.19. The van der Waals surface area contributed by atoms with Gasteiger partial charge >= 0.3 is 0 Å². The van der Waals surface area contributed by atoms with E-state index in [1.54, 1.807) is 11.3 Å².